The van der Waals surface area contributed by atoms with Crippen LogP contribution in [0.3, 0.4) is 0 Å². The molecule has 3 amide bonds. The van der Waals surface area contributed by atoms with Crippen molar-refractivity contribution in [3.63, 3.8) is 0 Å². The van der Waals surface area contributed by atoms with Gasteiger partial charge in [-0.05, 0) is 73.2 Å². The van der Waals surface area contributed by atoms with Crippen molar-refractivity contribution in [3.8, 4) is 5.75 Å². The quantitative estimate of drug-likeness (QED) is 0.374. The van der Waals surface area contributed by atoms with Gasteiger partial charge >= 0.3 is 12.0 Å². The number of hydrogen-bond donors (Lipinski definition) is 3. The Morgan fingerprint density at radius 1 is 1.03 bits per heavy atom. The molecule has 4 rings (SSSR count). The van der Waals surface area contributed by atoms with Gasteiger partial charge in [-0.3, -0.25) is 9.59 Å². The van der Waals surface area contributed by atoms with Crippen LogP contribution in [0.15, 0.2) is 66.7 Å². The number of hydrogen-bond acceptors (Lipinski definition) is 4. The number of carbonyl (C=O) groups is 3. The third-order valence-corrected chi connectivity index (χ3v) is 6.58. The lowest BCUT2D eigenvalue weighted by Gasteiger charge is -2.33. The highest BCUT2D eigenvalue weighted by Crippen LogP contribution is 2.35. The fraction of sp³-hybridized carbons (Fsp3) is 0.276. The largest absolute Gasteiger partial charge is 0.495 e. The molecule has 8 nitrogen and oxygen atoms in total. The lowest BCUT2D eigenvalue weighted by Crippen LogP contribution is -2.40. The number of nitrogens with zero attached hydrogens (tertiary/aromatic N) is 1. The van der Waals surface area contributed by atoms with E-state index in [0.717, 1.165) is 40.9 Å². The molecular weight excluding hydrogens is 470 g/mol. The van der Waals surface area contributed by atoms with Crippen molar-refractivity contribution in [2.24, 2.45) is 0 Å². The zero-order valence-corrected chi connectivity index (χ0v) is 21.0. The fourth-order valence-electron chi connectivity index (χ4n) is 4.55. The molecule has 0 radical (unpaired) electrons. The molecule has 3 aromatic carbocycles. The van der Waals surface area contributed by atoms with E-state index in [-0.39, 0.29) is 24.3 Å². The zero-order chi connectivity index (χ0) is 26.4. The summed E-state index contributed by atoms with van der Waals surface area (Å²) in [5.41, 5.74) is 4.73. The minimum atomic E-state index is -0.832. The molecule has 0 aliphatic carbocycles. The van der Waals surface area contributed by atoms with E-state index in [1.54, 1.807) is 11.0 Å². The molecule has 37 heavy (non-hydrogen) atoms. The van der Waals surface area contributed by atoms with Gasteiger partial charge in [0.25, 0.3) is 0 Å². The number of anilines is 3. The first kappa shape index (κ1) is 25.8. The van der Waals surface area contributed by atoms with Gasteiger partial charge < -0.3 is 25.4 Å². The highest BCUT2D eigenvalue weighted by molar-refractivity contribution is 6.02. The molecule has 0 bridgehead atoms. The summed E-state index contributed by atoms with van der Waals surface area (Å²) in [6.07, 6.45) is 2.09. The van der Waals surface area contributed by atoms with Crippen LogP contribution >= 0.6 is 0 Å². The molecule has 0 aromatic heterocycles. The van der Waals surface area contributed by atoms with Crippen LogP contribution in [-0.2, 0) is 16.0 Å². The number of piperidine rings is 1. The van der Waals surface area contributed by atoms with Crippen molar-refractivity contribution in [1.29, 1.82) is 0 Å². The van der Waals surface area contributed by atoms with E-state index in [1.165, 1.54) is 7.11 Å². The van der Waals surface area contributed by atoms with Gasteiger partial charge in [0.15, 0.2) is 0 Å². The topological polar surface area (TPSA) is 108 Å². The minimum Gasteiger partial charge on any atom is -0.495 e. The van der Waals surface area contributed by atoms with Gasteiger partial charge in [0.1, 0.15) is 5.75 Å². The second-order valence-electron chi connectivity index (χ2n) is 9.10. The fourth-order valence-corrected chi connectivity index (χ4v) is 4.55. The van der Waals surface area contributed by atoms with E-state index in [9.17, 15) is 14.4 Å². The van der Waals surface area contributed by atoms with E-state index in [0.29, 0.717) is 24.4 Å². The lowest BCUT2D eigenvalue weighted by atomic mass is 9.89. The maximum atomic E-state index is 13.5. The number of rotatable bonds is 8. The molecule has 1 unspecified atom stereocenters. The van der Waals surface area contributed by atoms with E-state index in [2.05, 4.69) is 10.6 Å². The van der Waals surface area contributed by atoms with Gasteiger partial charge in [0.05, 0.1) is 18.7 Å². The van der Waals surface area contributed by atoms with Crippen molar-refractivity contribution < 1.29 is 24.2 Å². The van der Waals surface area contributed by atoms with Crippen LogP contribution in [-0.4, -0.2) is 36.7 Å². The lowest BCUT2D eigenvalue weighted by molar-refractivity contribution is -0.137. The van der Waals surface area contributed by atoms with Gasteiger partial charge in [0, 0.05) is 24.3 Å². The van der Waals surface area contributed by atoms with Gasteiger partial charge in [0.2, 0.25) is 5.91 Å². The molecule has 0 spiro atoms. The predicted octanol–water partition coefficient (Wildman–Crippen LogP) is 5.58. The third-order valence-electron chi connectivity index (χ3n) is 6.58. The van der Waals surface area contributed by atoms with Crippen LogP contribution in [0.2, 0.25) is 0 Å². The SMILES string of the molecule is COc1cc(C2CCCN(c3ccc(CCC(=O)O)cc3)C2=O)ccc1NC(=O)Nc1ccccc1C. The number of benzene rings is 3. The molecule has 3 aromatic rings. The molecular formula is C29H31N3O5. The first-order valence-electron chi connectivity index (χ1n) is 12.3. The van der Waals surface area contributed by atoms with E-state index >= 15 is 0 Å². The molecule has 3 N–H and O–H groups in total. The summed E-state index contributed by atoms with van der Waals surface area (Å²) in [5.74, 6) is -0.680. The number of carboxylic acid groups (broad SMARTS) is 1. The van der Waals surface area contributed by atoms with Gasteiger partial charge in [-0.2, -0.15) is 0 Å². The standard InChI is InChI=1S/C29H31N3O5/c1-19-6-3-4-8-24(19)30-29(36)31-25-15-12-21(18-26(25)37-2)23-7-5-17-32(28(23)35)22-13-9-20(10-14-22)11-16-27(33)34/h3-4,6,8-10,12-15,18,23H,5,7,11,16-17H2,1-2H3,(H,33,34)(H2,30,31,36). The molecule has 0 saturated carbocycles. The van der Waals surface area contributed by atoms with Crippen LogP contribution in [0.4, 0.5) is 21.9 Å². The van der Waals surface area contributed by atoms with E-state index in [1.807, 2.05) is 67.6 Å². The number of urea groups is 1. The second-order valence-corrected chi connectivity index (χ2v) is 9.10. The number of carboxylic acids is 1. The predicted molar refractivity (Wildman–Crippen MR) is 144 cm³/mol. The molecule has 1 aliphatic heterocycles. The Hall–Kier alpha value is -4.33. The average molecular weight is 502 g/mol. The number of para-hydroxylation sites is 1. The van der Waals surface area contributed by atoms with Crippen molar-refractivity contribution in [2.75, 3.05) is 29.2 Å². The van der Waals surface area contributed by atoms with Crippen LogP contribution in [0.25, 0.3) is 0 Å². The van der Waals surface area contributed by atoms with Crippen LogP contribution in [0, 0.1) is 6.92 Å². The number of ether oxygens (including phenoxy) is 1. The molecule has 8 heteroatoms. The molecule has 1 fully saturated rings. The first-order valence-corrected chi connectivity index (χ1v) is 12.3. The summed E-state index contributed by atoms with van der Waals surface area (Å²) in [6, 6.07) is 20.1. The molecule has 1 aliphatic rings. The van der Waals surface area contributed by atoms with E-state index in [4.69, 9.17) is 9.84 Å². The minimum absolute atomic E-state index is 0.00425. The number of nitrogens with one attached hydrogen (secondary N) is 2. The number of amides is 3. The number of carbonyl (C=O) groups excluding carboxylic acids is 2. The van der Waals surface area contributed by atoms with Crippen molar-refractivity contribution in [3.05, 3.63) is 83.4 Å². The highest BCUT2D eigenvalue weighted by atomic mass is 16.5. The Kier molecular flexibility index (Phi) is 8.08. The molecule has 1 saturated heterocycles. The average Bonchev–Trinajstić information content (AvgIpc) is 2.89. The van der Waals surface area contributed by atoms with Crippen molar-refractivity contribution in [1.82, 2.24) is 0 Å². The van der Waals surface area contributed by atoms with Gasteiger partial charge in [-0.1, -0.05) is 36.4 Å². The summed E-state index contributed by atoms with van der Waals surface area (Å²) >= 11 is 0. The summed E-state index contributed by atoms with van der Waals surface area (Å²) < 4.78 is 5.54. The summed E-state index contributed by atoms with van der Waals surface area (Å²) in [4.78, 5) is 38.6. The number of aliphatic carboxylic acids is 1. The Labute approximate surface area is 216 Å². The zero-order valence-electron chi connectivity index (χ0n) is 21.0. The summed E-state index contributed by atoms with van der Waals surface area (Å²) in [6.45, 7) is 2.54. The van der Waals surface area contributed by atoms with Crippen LogP contribution in [0.5, 0.6) is 5.75 Å². The molecule has 192 valence electrons. The number of methoxy groups -OCH3 is 1. The maximum Gasteiger partial charge on any atom is 0.323 e. The Bertz CT molecular complexity index is 1290. The Balaban J connectivity index is 1.46. The normalized spacial score (nSPS) is 15.2. The van der Waals surface area contributed by atoms with Crippen molar-refractivity contribution >= 4 is 35.0 Å². The van der Waals surface area contributed by atoms with Crippen molar-refractivity contribution in [2.45, 2.75) is 38.5 Å². The number of aryl methyl sites for hydroxylation is 2. The maximum absolute atomic E-state index is 13.5. The summed E-state index contributed by atoms with van der Waals surface area (Å²) in [5, 5.41) is 14.6. The van der Waals surface area contributed by atoms with Gasteiger partial charge in [-0.25, -0.2) is 4.79 Å². The van der Waals surface area contributed by atoms with Gasteiger partial charge in [-0.15, -0.1) is 0 Å². The Morgan fingerprint density at radius 2 is 1.76 bits per heavy atom. The molecule has 1 heterocycles. The smallest absolute Gasteiger partial charge is 0.323 e. The summed E-state index contributed by atoms with van der Waals surface area (Å²) in [7, 11) is 1.53. The van der Waals surface area contributed by atoms with Crippen LogP contribution < -0.4 is 20.3 Å². The van der Waals surface area contributed by atoms with Crippen LogP contribution in [0.1, 0.15) is 41.9 Å². The Morgan fingerprint density at radius 3 is 2.46 bits per heavy atom. The monoisotopic (exact) mass is 501 g/mol. The first-order chi connectivity index (χ1) is 17.9. The highest BCUT2D eigenvalue weighted by Gasteiger charge is 2.31. The van der Waals surface area contributed by atoms with E-state index < -0.39 is 5.97 Å². The molecule has 1 atom stereocenters. The third kappa shape index (κ3) is 6.27. The second kappa shape index (κ2) is 11.6.